The van der Waals surface area contributed by atoms with E-state index in [9.17, 15) is 19.6 Å². The van der Waals surface area contributed by atoms with Gasteiger partial charge in [0, 0.05) is 38.2 Å². The fourth-order valence-corrected chi connectivity index (χ4v) is 5.97. The fourth-order valence-electron chi connectivity index (χ4n) is 4.68. The van der Waals surface area contributed by atoms with Crippen molar-refractivity contribution >= 4 is 52.1 Å². The number of rotatable bonds is 10. The molecule has 0 saturated carbocycles. The van der Waals surface area contributed by atoms with E-state index in [0.29, 0.717) is 53.1 Å². The molecule has 1 aromatic rings. The number of carbonyl (C=O) groups excluding carboxylic acids is 1. The average molecular weight is 531 g/mol. The van der Waals surface area contributed by atoms with E-state index in [1.165, 1.54) is 11.8 Å². The SMILES string of the molecule is CCCn1c(N2CCC(C)CC2)c(C=C2SC(=S)N(CCCCCC(=O)O)C2=O)c(C)c(C#N)c1=O. The summed E-state index contributed by atoms with van der Waals surface area (Å²) in [4.78, 5) is 41.5. The standard InChI is InChI=1S/C26H34N4O4S2/c1-4-11-29-23(28-13-9-17(2)10-14-28)19(18(3)20(16-27)24(29)33)15-21-25(34)30(26(35)36-21)12-7-5-6-8-22(31)32/h15,17H,4-14H2,1-3H3,(H,31,32). The predicted octanol–water partition coefficient (Wildman–Crippen LogP) is 4.52. The molecule has 2 saturated heterocycles. The Morgan fingerprint density at radius 3 is 2.53 bits per heavy atom. The second-order valence-corrected chi connectivity index (χ2v) is 11.2. The van der Waals surface area contributed by atoms with Crippen molar-refractivity contribution in [1.29, 1.82) is 5.26 Å². The van der Waals surface area contributed by atoms with Crippen molar-refractivity contribution in [1.82, 2.24) is 9.47 Å². The van der Waals surface area contributed by atoms with Crippen LogP contribution in [-0.4, -0.2) is 50.4 Å². The summed E-state index contributed by atoms with van der Waals surface area (Å²) in [6.45, 7) is 8.57. The molecule has 0 bridgehead atoms. The number of pyridine rings is 1. The van der Waals surface area contributed by atoms with Crippen LogP contribution in [0, 0.1) is 24.2 Å². The van der Waals surface area contributed by atoms with Crippen molar-refractivity contribution in [3.63, 3.8) is 0 Å². The van der Waals surface area contributed by atoms with Gasteiger partial charge in [0.1, 0.15) is 21.8 Å². The minimum atomic E-state index is -0.820. The van der Waals surface area contributed by atoms with E-state index >= 15 is 0 Å². The highest BCUT2D eigenvalue weighted by Gasteiger charge is 2.33. The largest absolute Gasteiger partial charge is 0.481 e. The van der Waals surface area contributed by atoms with Gasteiger partial charge >= 0.3 is 5.97 Å². The Hall–Kier alpha value is -2.64. The summed E-state index contributed by atoms with van der Waals surface area (Å²) >= 11 is 6.72. The molecule has 2 aliphatic rings. The van der Waals surface area contributed by atoms with Crippen LogP contribution < -0.4 is 10.5 Å². The molecule has 1 amide bonds. The summed E-state index contributed by atoms with van der Waals surface area (Å²) in [6.07, 6.45) is 6.63. The van der Waals surface area contributed by atoms with Gasteiger partial charge in [-0.05, 0) is 56.6 Å². The zero-order chi connectivity index (χ0) is 26.4. The number of piperidine rings is 1. The van der Waals surface area contributed by atoms with E-state index in [1.54, 1.807) is 22.5 Å². The van der Waals surface area contributed by atoms with Crippen molar-refractivity contribution in [2.24, 2.45) is 5.92 Å². The lowest BCUT2D eigenvalue weighted by molar-refractivity contribution is -0.137. The lowest BCUT2D eigenvalue weighted by atomic mass is 9.97. The van der Waals surface area contributed by atoms with Crippen LogP contribution in [0.15, 0.2) is 9.70 Å². The molecule has 0 spiro atoms. The highest BCUT2D eigenvalue weighted by atomic mass is 32.2. The van der Waals surface area contributed by atoms with Gasteiger partial charge in [-0.2, -0.15) is 5.26 Å². The van der Waals surface area contributed by atoms with Crippen LogP contribution in [0.1, 0.15) is 75.5 Å². The molecular formula is C26H34N4O4S2. The first-order valence-corrected chi connectivity index (χ1v) is 13.8. The highest BCUT2D eigenvalue weighted by molar-refractivity contribution is 8.26. The maximum Gasteiger partial charge on any atom is 0.303 e. The number of amides is 1. The zero-order valence-corrected chi connectivity index (χ0v) is 22.8. The first-order valence-electron chi connectivity index (χ1n) is 12.6. The number of hydrogen-bond donors (Lipinski definition) is 1. The third-order valence-corrected chi connectivity index (χ3v) is 8.18. The molecular weight excluding hydrogens is 496 g/mol. The molecule has 1 N–H and O–H groups in total. The second-order valence-electron chi connectivity index (χ2n) is 9.51. The molecule has 8 nitrogen and oxygen atoms in total. The Labute approximate surface area is 221 Å². The van der Waals surface area contributed by atoms with Crippen molar-refractivity contribution in [3.8, 4) is 6.07 Å². The number of aliphatic carboxylic acids is 1. The maximum absolute atomic E-state index is 13.3. The summed E-state index contributed by atoms with van der Waals surface area (Å²) in [5.74, 6) is 0.387. The molecule has 0 unspecified atom stereocenters. The van der Waals surface area contributed by atoms with Gasteiger partial charge < -0.3 is 10.0 Å². The van der Waals surface area contributed by atoms with E-state index in [2.05, 4.69) is 17.9 Å². The number of nitriles is 1. The molecule has 0 aliphatic carbocycles. The number of hydrogen-bond acceptors (Lipinski definition) is 7. The van der Waals surface area contributed by atoms with Crippen molar-refractivity contribution < 1.29 is 14.7 Å². The Bertz CT molecular complexity index is 1160. The molecule has 0 aromatic carbocycles. The molecule has 2 aliphatic heterocycles. The zero-order valence-electron chi connectivity index (χ0n) is 21.2. The van der Waals surface area contributed by atoms with Gasteiger partial charge in [0.25, 0.3) is 11.5 Å². The Morgan fingerprint density at radius 1 is 1.22 bits per heavy atom. The lowest BCUT2D eigenvalue weighted by Crippen LogP contribution is -2.39. The number of carboxylic acids is 1. The summed E-state index contributed by atoms with van der Waals surface area (Å²) in [5, 5.41) is 18.6. The predicted molar refractivity (Wildman–Crippen MR) is 147 cm³/mol. The smallest absolute Gasteiger partial charge is 0.303 e. The summed E-state index contributed by atoms with van der Waals surface area (Å²) in [7, 11) is 0. The monoisotopic (exact) mass is 530 g/mol. The van der Waals surface area contributed by atoms with Crippen LogP contribution in [0.25, 0.3) is 6.08 Å². The molecule has 0 atom stereocenters. The van der Waals surface area contributed by atoms with Crippen LogP contribution in [-0.2, 0) is 16.1 Å². The average Bonchev–Trinajstić information content (AvgIpc) is 3.10. The quantitative estimate of drug-likeness (QED) is 0.267. The number of carboxylic acid groups (broad SMARTS) is 1. The molecule has 2 fully saturated rings. The second kappa shape index (κ2) is 12.5. The van der Waals surface area contributed by atoms with Gasteiger partial charge in [-0.25, -0.2) is 0 Å². The molecule has 0 radical (unpaired) electrons. The van der Waals surface area contributed by atoms with Gasteiger partial charge in [0.15, 0.2) is 0 Å². The third-order valence-electron chi connectivity index (χ3n) is 6.80. The van der Waals surface area contributed by atoms with Crippen LogP contribution in [0.5, 0.6) is 0 Å². The molecule has 36 heavy (non-hydrogen) atoms. The normalized spacial score (nSPS) is 17.8. The Morgan fingerprint density at radius 2 is 1.92 bits per heavy atom. The van der Waals surface area contributed by atoms with Crippen molar-refractivity contribution in [3.05, 3.63) is 31.9 Å². The summed E-state index contributed by atoms with van der Waals surface area (Å²) < 4.78 is 2.18. The maximum atomic E-state index is 13.3. The van der Waals surface area contributed by atoms with Crippen LogP contribution in [0.2, 0.25) is 0 Å². The van der Waals surface area contributed by atoms with E-state index < -0.39 is 5.97 Å². The van der Waals surface area contributed by atoms with Gasteiger partial charge in [-0.15, -0.1) is 0 Å². The third kappa shape index (κ3) is 6.19. The van der Waals surface area contributed by atoms with Gasteiger partial charge in [0.2, 0.25) is 0 Å². The minimum Gasteiger partial charge on any atom is -0.481 e. The van der Waals surface area contributed by atoms with E-state index in [-0.39, 0.29) is 23.5 Å². The van der Waals surface area contributed by atoms with Crippen LogP contribution >= 0.6 is 24.0 Å². The number of aromatic nitrogens is 1. The van der Waals surface area contributed by atoms with Gasteiger partial charge in [-0.3, -0.25) is 23.9 Å². The minimum absolute atomic E-state index is 0.109. The number of anilines is 1. The summed E-state index contributed by atoms with van der Waals surface area (Å²) in [6, 6.07) is 2.09. The highest BCUT2D eigenvalue weighted by Crippen LogP contribution is 2.37. The van der Waals surface area contributed by atoms with E-state index in [0.717, 1.165) is 43.7 Å². The van der Waals surface area contributed by atoms with Crippen molar-refractivity contribution in [2.45, 2.75) is 72.3 Å². The molecule has 1 aromatic heterocycles. The molecule has 3 heterocycles. The van der Waals surface area contributed by atoms with Crippen molar-refractivity contribution in [2.75, 3.05) is 24.5 Å². The number of nitrogens with zero attached hydrogens (tertiary/aromatic N) is 4. The van der Waals surface area contributed by atoms with Gasteiger partial charge in [-0.1, -0.05) is 44.2 Å². The number of carbonyl (C=O) groups is 2. The van der Waals surface area contributed by atoms with Gasteiger partial charge in [0.05, 0.1) is 4.91 Å². The number of thioether (sulfide) groups is 1. The van der Waals surface area contributed by atoms with Crippen LogP contribution in [0.4, 0.5) is 5.82 Å². The Kier molecular flexibility index (Phi) is 9.74. The molecule has 194 valence electrons. The number of thiocarbonyl (C=S) groups is 1. The van der Waals surface area contributed by atoms with Crippen LogP contribution in [0.3, 0.4) is 0 Å². The van der Waals surface area contributed by atoms with E-state index in [4.69, 9.17) is 17.3 Å². The fraction of sp³-hybridized carbons (Fsp3) is 0.577. The molecule has 3 rings (SSSR count). The summed E-state index contributed by atoms with van der Waals surface area (Å²) in [5.41, 5.74) is 1.15. The Balaban J connectivity index is 1.99. The number of unbranched alkanes of at least 4 members (excludes halogenated alkanes) is 2. The topological polar surface area (TPSA) is 107 Å². The molecule has 10 heteroatoms. The van der Waals surface area contributed by atoms with E-state index in [1.807, 2.05) is 6.92 Å². The first-order chi connectivity index (χ1) is 17.2. The lowest BCUT2D eigenvalue weighted by Gasteiger charge is -2.35. The first kappa shape index (κ1) is 27.9.